The number of allylic oxidation sites excluding steroid dienone is 5. The van der Waals surface area contributed by atoms with Crippen LogP contribution < -0.4 is 10.2 Å². The van der Waals surface area contributed by atoms with Gasteiger partial charge in [-0.15, -0.1) is 0 Å². The van der Waals surface area contributed by atoms with Crippen molar-refractivity contribution < 1.29 is 32.9 Å². The molecule has 0 saturated heterocycles. The van der Waals surface area contributed by atoms with Gasteiger partial charge in [0.05, 0.1) is 39.9 Å². The van der Waals surface area contributed by atoms with Gasteiger partial charge in [0.1, 0.15) is 13.2 Å². The van der Waals surface area contributed by atoms with E-state index in [-0.39, 0.29) is 19.1 Å². The molecule has 0 aliphatic carbocycles. The molecule has 71 heavy (non-hydrogen) atoms. The highest BCUT2D eigenvalue weighted by atomic mass is 31.2. The second kappa shape index (κ2) is 53.5. The second-order valence-corrected chi connectivity index (χ2v) is 23.8. The SMILES string of the molecule is CCCCCCC/C=C\C/C=C\CCCCCCCCCCCC(=O)NC(COP(=O)([O-])OCC[N+](C)(C)C)C(O)/C=C/CCCCCCCCCCCCCCCCCCCCCCCCCCCC. The number of unbranched alkanes of at least 4 members (excludes halogenated alkanes) is 40. The van der Waals surface area contributed by atoms with Crippen molar-refractivity contribution in [3.8, 4) is 0 Å². The van der Waals surface area contributed by atoms with Gasteiger partial charge in [0.25, 0.3) is 7.82 Å². The molecule has 420 valence electrons. The summed E-state index contributed by atoms with van der Waals surface area (Å²) in [5, 5.41) is 13.9. The van der Waals surface area contributed by atoms with Crippen LogP contribution in [-0.4, -0.2) is 68.5 Å². The molecule has 0 aromatic rings. The van der Waals surface area contributed by atoms with E-state index in [1.165, 1.54) is 238 Å². The lowest BCUT2D eigenvalue weighted by molar-refractivity contribution is -0.870. The molecule has 0 aromatic carbocycles. The Balaban J connectivity index is 4.15. The van der Waals surface area contributed by atoms with E-state index < -0.39 is 20.0 Å². The average molecular weight is 1020 g/mol. The Kier molecular flexibility index (Phi) is 52.6. The maximum Gasteiger partial charge on any atom is 0.268 e. The van der Waals surface area contributed by atoms with Crippen LogP contribution in [0.5, 0.6) is 0 Å². The Morgan fingerprint density at radius 1 is 0.493 bits per heavy atom. The van der Waals surface area contributed by atoms with E-state index >= 15 is 0 Å². The first kappa shape index (κ1) is 69.7. The molecule has 2 N–H and O–H groups in total. The molecule has 9 heteroatoms. The Hall–Kier alpha value is -1.28. The number of carbonyl (C=O) groups excluding carboxylic acids is 1. The minimum Gasteiger partial charge on any atom is -0.756 e. The van der Waals surface area contributed by atoms with Gasteiger partial charge < -0.3 is 28.8 Å². The predicted molar refractivity (Wildman–Crippen MR) is 307 cm³/mol. The molecule has 0 heterocycles. The van der Waals surface area contributed by atoms with Crippen molar-refractivity contribution >= 4 is 13.7 Å². The van der Waals surface area contributed by atoms with Crippen LogP contribution in [0.4, 0.5) is 0 Å². The van der Waals surface area contributed by atoms with Crippen LogP contribution in [0.2, 0.25) is 0 Å². The van der Waals surface area contributed by atoms with Crippen molar-refractivity contribution in [3.05, 3.63) is 36.5 Å². The molecular weight excluding hydrogens is 900 g/mol. The number of rotatable bonds is 57. The number of nitrogens with zero attached hydrogens (tertiary/aromatic N) is 1. The lowest BCUT2D eigenvalue weighted by atomic mass is 10.0. The molecule has 0 radical (unpaired) electrons. The zero-order chi connectivity index (χ0) is 52.0. The lowest BCUT2D eigenvalue weighted by Gasteiger charge is -2.29. The quantitative estimate of drug-likeness (QED) is 0.0272. The molecular formula is C62H121N2O6P. The van der Waals surface area contributed by atoms with Gasteiger partial charge in [0.15, 0.2) is 0 Å². The number of nitrogens with one attached hydrogen (secondary N) is 1. The first-order valence-corrected chi connectivity index (χ1v) is 32.3. The third-order valence-corrected chi connectivity index (χ3v) is 15.1. The summed E-state index contributed by atoms with van der Waals surface area (Å²) in [4.78, 5) is 25.5. The zero-order valence-corrected chi connectivity index (χ0v) is 48.8. The number of hydrogen-bond acceptors (Lipinski definition) is 6. The number of phosphoric ester groups is 1. The fourth-order valence-electron chi connectivity index (χ4n) is 9.25. The topological polar surface area (TPSA) is 108 Å². The molecule has 0 aliphatic heterocycles. The number of aliphatic hydroxyl groups is 1. The standard InChI is InChI=1S/C62H121N2O6P/c1-6-8-10-12-14-16-18-20-22-24-26-28-29-30-31-32-33-34-36-37-39-41-43-45-47-49-51-53-55-61(65)60(59-70-71(67,68)69-58-57-64(3,4)5)63-62(66)56-54-52-50-48-46-44-42-40-38-35-27-25-23-21-19-17-15-13-11-9-7-2/h19,21,25,27,53,55,60-61,65H,6-18,20,22-24,26,28-52,54,56-59H2,1-5H3,(H-,63,66,67,68)/b21-19-,27-25-,55-53+. The van der Waals surface area contributed by atoms with Crippen LogP contribution in [0.25, 0.3) is 0 Å². The molecule has 0 bridgehead atoms. The van der Waals surface area contributed by atoms with E-state index in [1.807, 2.05) is 27.2 Å². The minimum atomic E-state index is -4.60. The van der Waals surface area contributed by atoms with E-state index in [9.17, 15) is 19.4 Å². The van der Waals surface area contributed by atoms with E-state index in [0.717, 1.165) is 44.9 Å². The summed E-state index contributed by atoms with van der Waals surface area (Å²) >= 11 is 0. The Bertz CT molecular complexity index is 1250. The van der Waals surface area contributed by atoms with E-state index in [2.05, 4.69) is 43.5 Å². The highest BCUT2D eigenvalue weighted by Crippen LogP contribution is 2.38. The van der Waals surface area contributed by atoms with Crippen LogP contribution in [0, 0.1) is 0 Å². The largest absolute Gasteiger partial charge is 0.756 e. The van der Waals surface area contributed by atoms with Crippen LogP contribution in [0.15, 0.2) is 36.5 Å². The summed E-state index contributed by atoms with van der Waals surface area (Å²) in [5.74, 6) is -0.198. The van der Waals surface area contributed by atoms with Crippen LogP contribution >= 0.6 is 7.82 Å². The van der Waals surface area contributed by atoms with Gasteiger partial charge >= 0.3 is 0 Å². The first-order valence-electron chi connectivity index (χ1n) is 30.9. The number of hydrogen-bond donors (Lipinski definition) is 2. The first-order chi connectivity index (χ1) is 34.5. The maximum absolute atomic E-state index is 13.0. The van der Waals surface area contributed by atoms with Crippen molar-refractivity contribution in [2.75, 3.05) is 40.9 Å². The van der Waals surface area contributed by atoms with E-state index in [1.54, 1.807) is 6.08 Å². The van der Waals surface area contributed by atoms with Crippen molar-refractivity contribution in [1.82, 2.24) is 5.32 Å². The third-order valence-electron chi connectivity index (χ3n) is 14.1. The van der Waals surface area contributed by atoms with Gasteiger partial charge in [-0.05, 0) is 51.4 Å². The Morgan fingerprint density at radius 2 is 0.817 bits per heavy atom. The van der Waals surface area contributed by atoms with Gasteiger partial charge in [0, 0.05) is 6.42 Å². The fourth-order valence-corrected chi connectivity index (χ4v) is 9.97. The summed E-state index contributed by atoms with van der Waals surface area (Å²) in [7, 11) is 1.27. The van der Waals surface area contributed by atoms with Gasteiger partial charge in [-0.25, -0.2) is 0 Å². The Morgan fingerprint density at radius 3 is 1.17 bits per heavy atom. The molecule has 3 atom stereocenters. The van der Waals surface area contributed by atoms with Gasteiger partial charge in [-0.1, -0.05) is 281 Å². The molecule has 0 rings (SSSR count). The van der Waals surface area contributed by atoms with Crippen molar-refractivity contribution in [2.45, 2.75) is 315 Å². The smallest absolute Gasteiger partial charge is 0.268 e. The number of phosphoric acid groups is 1. The van der Waals surface area contributed by atoms with Gasteiger partial charge in [-0.2, -0.15) is 0 Å². The van der Waals surface area contributed by atoms with E-state index in [0.29, 0.717) is 17.4 Å². The second-order valence-electron chi connectivity index (χ2n) is 22.4. The van der Waals surface area contributed by atoms with Crippen molar-refractivity contribution in [2.24, 2.45) is 0 Å². The Labute approximate surface area is 442 Å². The number of amides is 1. The van der Waals surface area contributed by atoms with Crippen molar-refractivity contribution in [1.29, 1.82) is 0 Å². The minimum absolute atomic E-state index is 0.00135. The van der Waals surface area contributed by atoms with Crippen LogP contribution in [0.1, 0.15) is 303 Å². The predicted octanol–water partition coefficient (Wildman–Crippen LogP) is 18.3. The molecule has 8 nitrogen and oxygen atoms in total. The number of aliphatic hydroxyl groups excluding tert-OH is 1. The van der Waals surface area contributed by atoms with Gasteiger partial charge in [0.2, 0.25) is 5.91 Å². The average Bonchev–Trinajstić information content (AvgIpc) is 3.33. The normalized spacial score (nSPS) is 14.1. The molecule has 0 aromatic heterocycles. The third kappa shape index (κ3) is 56.3. The zero-order valence-electron chi connectivity index (χ0n) is 47.9. The fraction of sp³-hybridized carbons (Fsp3) is 0.887. The summed E-state index contributed by atoms with van der Waals surface area (Å²) in [6, 6.07) is -0.890. The number of carbonyl (C=O) groups is 1. The molecule has 3 unspecified atom stereocenters. The highest BCUT2D eigenvalue weighted by Gasteiger charge is 2.23. The molecule has 0 fully saturated rings. The molecule has 0 aliphatic rings. The van der Waals surface area contributed by atoms with Gasteiger partial charge in [-0.3, -0.25) is 9.36 Å². The molecule has 0 saturated carbocycles. The maximum atomic E-state index is 13.0. The monoisotopic (exact) mass is 1020 g/mol. The summed E-state index contributed by atoms with van der Waals surface area (Å²) in [6.45, 7) is 4.68. The molecule has 0 spiro atoms. The van der Waals surface area contributed by atoms with Crippen LogP contribution in [0.3, 0.4) is 0 Å². The van der Waals surface area contributed by atoms with Crippen molar-refractivity contribution in [3.63, 3.8) is 0 Å². The summed E-state index contributed by atoms with van der Waals surface area (Å²) < 4.78 is 23.4. The summed E-state index contributed by atoms with van der Waals surface area (Å²) in [6.07, 6.45) is 69.4. The van der Waals surface area contributed by atoms with Crippen LogP contribution in [-0.2, 0) is 18.4 Å². The summed E-state index contributed by atoms with van der Waals surface area (Å²) in [5.41, 5.74) is 0. The highest BCUT2D eigenvalue weighted by molar-refractivity contribution is 7.45. The number of quaternary nitrogens is 1. The molecule has 1 amide bonds. The number of likely N-dealkylation sites (N-methyl/N-ethyl adjacent to an activating group) is 1. The lowest BCUT2D eigenvalue weighted by Crippen LogP contribution is -2.45. The van der Waals surface area contributed by atoms with E-state index in [4.69, 9.17) is 9.05 Å².